The largest absolute Gasteiger partial charge is 0.481 e. The van der Waals surface area contributed by atoms with Crippen LogP contribution < -0.4 is 15.4 Å². The number of hydrogen-bond acceptors (Lipinski definition) is 3. The van der Waals surface area contributed by atoms with Gasteiger partial charge in [-0.15, -0.1) is 0 Å². The van der Waals surface area contributed by atoms with Crippen molar-refractivity contribution in [3.8, 4) is 5.75 Å². The van der Waals surface area contributed by atoms with E-state index in [0.29, 0.717) is 18.2 Å². The minimum atomic E-state index is -0.628. The quantitative estimate of drug-likeness (QED) is 0.845. The molecule has 116 valence electrons. The van der Waals surface area contributed by atoms with Crippen molar-refractivity contribution in [3.63, 3.8) is 0 Å². The van der Waals surface area contributed by atoms with Gasteiger partial charge in [-0.2, -0.15) is 0 Å². The first-order valence-electron chi connectivity index (χ1n) is 7.56. The Kier molecular flexibility index (Phi) is 5.99. The second-order valence-corrected chi connectivity index (χ2v) is 5.51. The number of ether oxygens (including phenoxy) is 1. The number of rotatable bonds is 6. The minimum absolute atomic E-state index is 0.164. The molecule has 0 spiro atoms. The molecule has 0 bridgehead atoms. The van der Waals surface area contributed by atoms with E-state index in [1.807, 2.05) is 0 Å². The summed E-state index contributed by atoms with van der Waals surface area (Å²) in [5.74, 6) is 0.473. The number of nitrogens with one attached hydrogen (secondary N) is 2. The predicted molar refractivity (Wildman–Crippen MR) is 79.7 cm³/mol. The van der Waals surface area contributed by atoms with E-state index in [0.717, 1.165) is 19.5 Å². The first kappa shape index (κ1) is 15.8. The van der Waals surface area contributed by atoms with E-state index in [2.05, 4.69) is 10.6 Å². The van der Waals surface area contributed by atoms with Crippen LogP contribution in [0.15, 0.2) is 24.3 Å². The molecule has 1 aliphatic rings. The number of hydrogen-bond donors (Lipinski definition) is 2. The summed E-state index contributed by atoms with van der Waals surface area (Å²) in [6.07, 6.45) is 2.78. The Labute approximate surface area is 125 Å². The molecule has 0 saturated carbocycles. The standard InChI is InChI=1S/C16H23FN2O2/c1-12(21-15-6-2-5-14(17)10-15)16(20)19-9-7-13-4-3-8-18-11-13/h2,5-6,10,12-13,18H,3-4,7-9,11H2,1H3,(H,19,20). The summed E-state index contributed by atoms with van der Waals surface area (Å²) in [5.41, 5.74) is 0. The van der Waals surface area contributed by atoms with Crippen molar-refractivity contribution in [3.05, 3.63) is 30.1 Å². The Morgan fingerprint density at radius 1 is 1.57 bits per heavy atom. The zero-order valence-corrected chi connectivity index (χ0v) is 12.4. The van der Waals surface area contributed by atoms with Gasteiger partial charge in [0, 0.05) is 12.6 Å². The SMILES string of the molecule is CC(Oc1cccc(F)c1)C(=O)NCCC1CCCNC1. The fourth-order valence-electron chi connectivity index (χ4n) is 2.51. The number of amides is 1. The molecule has 0 aliphatic carbocycles. The van der Waals surface area contributed by atoms with E-state index >= 15 is 0 Å². The number of piperidine rings is 1. The van der Waals surface area contributed by atoms with Crippen molar-refractivity contribution in [1.82, 2.24) is 10.6 Å². The summed E-state index contributed by atoms with van der Waals surface area (Å²) in [5, 5.41) is 6.24. The lowest BCUT2D eigenvalue weighted by Gasteiger charge is -2.23. The second kappa shape index (κ2) is 7.98. The Hall–Kier alpha value is -1.62. The average molecular weight is 294 g/mol. The summed E-state index contributed by atoms with van der Waals surface area (Å²) in [6.45, 7) is 4.46. The topological polar surface area (TPSA) is 50.4 Å². The van der Waals surface area contributed by atoms with Gasteiger partial charge < -0.3 is 15.4 Å². The zero-order chi connectivity index (χ0) is 15.1. The summed E-state index contributed by atoms with van der Waals surface area (Å²) >= 11 is 0. The van der Waals surface area contributed by atoms with Crippen LogP contribution in [0, 0.1) is 11.7 Å². The van der Waals surface area contributed by atoms with Gasteiger partial charge >= 0.3 is 0 Å². The van der Waals surface area contributed by atoms with Gasteiger partial charge in [0.05, 0.1) is 0 Å². The van der Waals surface area contributed by atoms with Gasteiger partial charge in [-0.05, 0) is 57.3 Å². The van der Waals surface area contributed by atoms with E-state index in [4.69, 9.17) is 4.74 Å². The molecule has 2 N–H and O–H groups in total. The van der Waals surface area contributed by atoms with Crippen molar-refractivity contribution in [2.75, 3.05) is 19.6 Å². The fourth-order valence-corrected chi connectivity index (χ4v) is 2.51. The molecule has 1 aromatic carbocycles. The van der Waals surface area contributed by atoms with Gasteiger partial charge in [-0.1, -0.05) is 6.07 Å². The Morgan fingerprint density at radius 2 is 2.43 bits per heavy atom. The molecule has 2 rings (SSSR count). The molecule has 1 fully saturated rings. The van der Waals surface area contributed by atoms with Crippen molar-refractivity contribution < 1.29 is 13.9 Å². The van der Waals surface area contributed by atoms with Crippen LogP contribution in [0.2, 0.25) is 0 Å². The third kappa shape index (κ3) is 5.34. The maximum atomic E-state index is 13.0. The van der Waals surface area contributed by atoms with E-state index in [1.54, 1.807) is 19.1 Å². The fraction of sp³-hybridized carbons (Fsp3) is 0.562. The van der Waals surface area contributed by atoms with Crippen LogP contribution in [0.1, 0.15) is 26.2 Å². The van der Waals surface area contributed by atoms with Gasteiger partial charge in [-0.25, -0.2) is 4.39 Å². The Bertz CT molecular complexity index is 461. The van der Waals surface area contributed by atoms with Gasteiger partial charge in [0.25, 0.3) is 5.91 Å². The van der Waals surface area contributed by atoms with Gasteiger partial charge in [0.2, 0.25) is 0 Å². The molecule has 4 nitrogen and oxygen atoms in total. The molecule has 0 radical (unpaired) electrons. The highest BCUT2D eigenvalue weighted by atomic mass is 19.1. The van der Waals surface area contributed by atoms with Gasteiger partial charge in [-0.3, -0.25) is 4.79 Å². The monoisotopic (exact) mass is 294 g/mol. The normalized spacial score (nSPS) is 19.8. The zero-order valence-electron chi connectivity index (χ0n) is 12.4. The lowest BCUT2D eigenvalue weighted by Crippen LogP contribution is -2.38. The van der Waals surface area contributed by atoms with Crippen molar-refractivity contribution in [2.24, 2.45) is 5.92 Å². The van der Waals surface area contributed by atoms with Crippen LogP contribution in [0.3, 0.4) is 0 Å². The summed E-state index contributed by atoms with van der Waals surface area (Å²) in [7, 11) is 0. The molecule has 1 heterocycles. The predicted octanol–water partition coefficient (Wildman–Crippen LogP) is 2.10. The van der Waals surface area contributed by atoms with Gasteiger partial charge in [0.15, 0.2) is 6.10 Å². The average Bonchev–Trinajstić information content (AvgIpc) is 2.48. The number of halogens is 1. The lowest BCUT2D eigenvalue weighted by molar-refractivity contribution is -0.127. The smallest absolute Gasteiger partial charge is 0.260 e. The maximum absolute atomic E-state index is 13.0. The molecular formula is C16H23FN2O2. The van der Waals surface area contributed by atoms with Crippen molar-refractivity contribution in [2.45, 2.75) is 32.3 Å². The molecule has 5 heteroatoms. The van der Waals surface area contributed by atoms with Gasteiger partial charge in [0.1, 0.15) is 11.6 Å². The van der Waals surface area contributed by atoms with Crippen molar-refractivity contribution in [1.29, 1.82) is 0 Å². The highest BCUT2D eigenvalue weighted by Crippen LogP contribution is 2.14. The third-order valence-electron chi connectivity index (χ3n) is 3.73. The Balaban J connectivity index is 1.69. The van der Waals surface area contributed by atoms with E-state index in [-0.39, 0.29) is 11.7 Å². The number of benzene rings is 1. The van der Waals surface area contributed by atoms with E-state index < -0.39 is 6.10 Å². The molecule has 1 aliphatic heterocycles. The first-order valence-corrected chi connectivity index (χ1v) is 7.56. The maximum Gasteiger partial charge on any atom is 0.260 e. The molecule has 1 amide bonds. The molecule has 2 unspecified atom stereocenters. The van der Waals surface area contributed by atoms with Crippen LogP contribution in [-0.2, 0) is 4.79 Å². The Morgan fingerprint density at radius 3 is 3.14 bits per heavy atom. The highest BCUT2D eigenvalue weighted by Gasteiger charge is 2.16. The molecule has 0 aromatic heterocycles. The minimum Gasteiger partial charge on any atom is -0.481 e. The summed E-state index contributed by atoms with van der Waals surface area (Å²) in [6, 6.07) is 5.82. The number of carbonyl (C=O) groups excluding carboxylic acids is 1. The number of carbonyl (C=O) groups is 1. The first-order chi connectivity index (χ1) is 10.1. The summed E-state index contributed by atoms with van der Waals surface area (Å²) < 4.78 is 18.5. The molecule has 21 heavy (non-hydrogen) atoms. The van der Waals surface area contributed by atoms with Crippen LogP contribution in [0.25, 0.3) is 0 Å². The van der Waals surface area contributed by atoms with Crippen LogP contribution in [0.5, 0.6) is 5.75 Å². The molecule has 2 atom stereocenters. The van der Waals surface area contributed by atoms with E-state index in [9.17, 15) is 9.18 Å². The third-order valence-corrected chi connectivity index (χ3v) is 3.73. The van der Waals surface area contributed by atoms with Crippen LogP contribution in [0.4, 0.5) is 4.39 Å². The van der Waals surface area contributed by atoms with Crippen LogP contribution in [-0.4, -0.2) is 31.6 Å². The molecule has 1 saturated heterocycles. The molecular weight excluding hydrogens is 271 g/mol. The van der Waals surface area contributed by atoms with E-state index in [1.165, 1.54) is 25.0 Å². The lowest BCUT2D eigenvalue weighted by atomic mass is 9.96. The summed E-state index contributed by atoms with van der Waals surface area (Å²) in [4.78, 5) is 11.9. The van der Waals surface area contributed by atoms with Crippen LogP contribution >= 0.6 is 0 Å². The highest BCUT2D eigenvalue weighted by molar-refractivity contribution is 5.80. The van der Waals surface area contributed by atoms with Crippen molar-refractivity contribution >= 4 is 5.91 Å². The molecule has 1 aromatic rings. The second-order valence-electron chi connectivity index (χ2n) is 5.51.